The molecule has 1 atom stereocenters. The Bertz CT molecular complexity index is 1230. The Balaban J connectivity index is 1.63. The Kier molecular flexibility index (Phi) is 9.37. The molecule has 3 rings (SSSR count). The average molecular weight is 536 g/mol. The van der Waals surface area contributed by atoms with Crippen LogP contribution in [0.15, 0.2) is 65.8 Å². The van der Waals surface area contributed by atoms with E-state index in [1.54, 1.807) is 68.4 Å². The van der Waals surface area contributed by atoms with Crippen molar-refractivity contribution in [3.63, 3.8) is 0 Å². The summed E-state index contributed by atoms with van der Waals surface area (Å²) in [4.78, 5) is 24.7. The maximum atomic E-state index is 12.4. The van der Waals surface area contributed by atoms with Crippen LogP contribution in [0.5, 0.6) is 17.2 Å². The van der Waals surface area contributed by atoms with Crippen LogP contribution in [0.2, 0.25) is 15.1 Å². The number of carbonyl (C=O) groups is 2. The van der Waals surface area contributed by atoms with Crippen molar-refractivity contribution in [1.29, 1.82) is 0 Å². The Morgan fingerprint density at radius 3 is 2.31 bits per heavy atom. The molecule has 0 fully saturated rings. The molecule has 3 aromatic rings. The quantitative estimate of drug-likeness (QED) is 0.153. The molecule has 10 heteroatoms. The number of rotatable bonds is 9. The number of ether oxygens (including phenoxy) is 3. The zero-order chi connectivity index (χ0) is 25.4. The van der Waals surface area contributed by atoms with E-state index >= 15 is 0 Å². The zero-order valence-corrected chi connectivity index (χ0v) is 21.0. The van der Waals surface area contributed by atoms with Crippen LogP contribution in [0.3, 0.4) is 0 Å². The van der Waals surface area contributed by atoms with Gasteiger partial charge >= 0.3 is 5.97 Å². The highest BCUT2D eigenvalue weighted by Gasteiger charge is 2.16. The molecule has 3 aromatic carbocycles. The molecule has 0 heterocycles. The molecule has 0 saturated heterocycles. The molecule has 1 N–H and O–H groups in total. The number of carbonyl (C=O) groups excluding carboxylic acids is 2. The summed E-state index contributed by atoms with van der Waals surface area (Å²) in [5, 5.41) is 5.22. The van der Waals surface area contributed by atoms with Crippen LogP contribution in [0, 0.1) is 0 Å². The first-order chi connectivity index (χ1) is 16.8. The number of nitrogens with one attached hydrogen (secondary N) is 1. The Morgan fingerprint density at radius 2 is 1.63 bits per heavy atom. The fourth-order valence-electron chi connectivity index (χ4n) is 2.78. The van der Waals surface area contributed by atoms with Gasteiger partial charge in [-0.2, -0.15) is 5.10 Å². The van der Waals surface area contributed by atoms with Gasteiger partial charge in [-0.3, -0.25) is 4.79 Å². The van der Waals surface area contributed by atoms with Crippen LogP contribution in [0.25, 0.3) is 0 Å². The van der Waals surface area contributed by atoms with Gasteiger partial charge < -0.3 is 14.2 Å². The Hall–Kier alpha value is -3.26. The van der Waals surface area contributed by atoms with E-state index in [9.17, 15) is 9.59 Å². The summed E-state index contributed by atoms with van der Waals surface area (Å²) in [7, 11) is 0. The SMILES string of the molecule is CCOc1cc(/C=N\NC(=O)[C@@H](C)Oc2ccc(Cl)cc2Cl)ccc1OC(=O)c1ccc(Cl)cc1. The molecule has 0 aliphatic rings. The van der Waals surface area contributed by atoms with Crippen molar-refractivity contribution in [2.24, 2.45) is 5.10 Å². The first kappa shape index (κ1) is 26.3. The molecule has 182 valence electrons. The van der Waals surface area contributed by atoms with E-state index in [4.69, 9.17) is 49.0 Å². The first-order valence-corrected chi connectivity index (χ1v) is 11.6. The predicted molar refractivity (Wildman–Crippen MR) is 136 cm³/mol. The molecule has 7 nitrogen and oxygen atoms in total. The van der Waals surface area contributed by atoms with Crippen LogP contribution < -0.4 is 19.6 Å². The van der Waals surface area contributed by atoms with Crippen LogP contribution in [0.4, 0.5) is 0 Å². The first-order valence-electron chi connectivity index (χ1n) is 10.5. The summed E-state index contributed by atoms with van der Waals surface area (Å²) in [5.41, 5.74) is 3.36. The molecule has 0 radical (unpaired) electrons. The van der Waals surface area contributed by atoms with Crippen molar-refractivity contribution < 1.29 is 23.8 Å². The second-order valence-electron chi connectivity index (χ2n) is 7.10. The van der Waals surface area contributed by atoms with Gasteiger partial charge in [0.25, 0.3) is 5.91 Å². The van der Waals surface area contributed by atoms with E-state index in [0.717, 1.165) is 0 Å². The second-order valence-corrected chi connectivity index (χ2v) is 8.38. The van der Waals surface area contributed by atoms with E-state index < -0.39 is 18.0 Å². The van der Waals surface area contributed by atoms with Crippen LogP contribution >= 0.6 is 34.8 Å². The number of hydrazone groups is 1. The third-order valence-electron chi connectivity index (χ3n) is 4.51. The van der Waals surface area contributed by atoms with Crippen LogP contribution in [0.1, 0.15) is 29.8 Å². The average Bonchev–Trinajstić information content (AvgIpc) is 2.82. The maximum Gasteiger partial charge on any atom is 0.343 e. The summed E-state index contributed by atoms with van der Waals surface area (Å²) < 4.78 is 16.6. The van der Waals surface area contributed by atoms with E-state index in [2.05, 4.69) is 10.5 Å². The topological polar surface area (TPSA) is 86.2 Å². The van der Waals surface area contributed by atoms with Crippen LogP contribution in [-0.4, -0.2) is 30.8 Å². The lowest BCUT2D eigenvalue weighted by Gasteiger charge is -2.14. The van der Waals surface area contributed by atoms with Gasteiger partial charge in [0.1, 0.15) is 5.75 Å². The molecular weight excluding hydrogens is 515 g/mol. The van der Waals surface area contributed by atoms with Gasteiger partial charge in [0.2, 0.25) is 0 Å². The van der Waals surface area contributed by atoms with Gasteiger partial charge in [-0.05, 0) is 80.1 Å². The number of halogens is 3. The number of benzene rings is 3. The molecule has 0 aromatic heterocycles. The fourth-order valence-corrected chi connectivity index (χ4v) is 3.36. The van der Waals surface area contributed by atoms with Crippen LogP contribution in [-0.2, 0) is 4.79 Å². The molecule has 0 unspecified atom stereocenters. The summed E-state index contributed by atoms with van der Waals surface area (Å²) >= 11 is 17.8. The molecule has 0 bridgehead atoms. The number of hydrogen-bond acceptors (Lipinski definition) is 6. The highest BCUT2D eigenvalue weighted by molar-refractivity contribution is 6.35. The van der Waals surface area contributed by atoms with Gasteiger partial charge in [0, 0.05) is 10.0 Å². The van der Waals surface area contributed by atoms with E-state index in [1.165, 1.54) is 12.3 Å². The molecular formula is C25H21Cl3N2O5. The highest BCUT2D eigenvalue weighted by Crippen LogP contribution is 2.30. The third-order valence-corrected chi connectivity index (χ3v) is 5.29. The third kappa shape index (κ3) is 7.62. The van der Waals surface area contributed by atoms with Gasteiger partial charge in [-0.25, -0.2) is 10.2 Å². The number of hydrogen-bond donors (Lipinski definition) is 1. The second kappa shape index (κ2) is 12.4. The van der Waals surface area contributed by atoms with Gasteiger partial charge in [-0.1, -0.05) is 34.8 Å². The van der Waals surface area contributed by atoms with Gasteiger partial charge in [0.05, 0.1) is 23.4 Å². The number of amides is 1. The maximum absolute atomic E-state index is 12.4. The highest BCUT2D eigenvalue weighted by atomic mass is 35.5. The Labute approximate surface area is 217 Å². The predicted octanol–water partition coefficient (Wildman–Crippen LogP) is 6.18. The smallest absolute Gasteiger partial charge is 0.343 e. The summed E-state index contributed by atoms with van der Waals surface area (Å²) in [6, 6.07) is 15.9. The largest absolute Gasteiger partial charge is 0.490 e. The number of nitrogens with zero attached hydrogens (tertiary/aromatic N) is 1. The van der Waals surface area contributed by atoms with E-state index in [-0.39, 0.29) is 5.75 Å². The zero-order valence-electron chi connectivity index (χ0n) is 18.8. The summed E-state index contributed by atoms with van der Waals surface area (Å²) in [6.45, 7) is 3.72. The summed E-state index contributed by atoms with van der Waals surface area (Å²) in [5.74, 6) is -0.112. The molecule has 1 amide bonds. The minimum atomic E-state index is -0.862. The minimum Gasteiger partial charge on any atom is -0.490 e. The van der Waals surface area contributed by atoms with Gasteiger partial charge in [-0.15, -0.1) is 0 Å². The standard InChI is InChI=1S/C25H21Cl3N2O5/c1-3-33-23-12-16(4-10-22(23)35-25(32)17-5-7-18(26)8-6-17)14-29-30-24(31)15(2)34-21-11-9-19(27)13-20(21)28/h4-15H,3H2,1-2H3,(H,30,31)/b29-14-/t15-/m1/s1. The monoisotopic (exact) mass is 534 g/mol. The summed E-state index contributed by atoms with van der Waals surface area (Å²) in [6.07, 6.45) is 0.562. The molecule has 0 spiro atoms. The van der Waals surface area contributed by atoms with Crippen molar-refractivity contribution in [3.05, 3.63) is 86.9 Å². The Morgan fingerprint density at radius 1 is 0.943 bits per heavy atom. The lowest BCUT2D eigenvalue weighted by Crippen LogP contribution is -2.33. The van der Waals surface area contributed by atoms with E-state index in [0.29, 0.717) is 44.3 Å². The molecule has 0 saturated carbocycles. The van der Waals surface area contributed by atoms with Gasteiger partial charge in [0.15, 0.2) is 17.6 Å². The lowest BCUT2D eigenvalue weighted by molar-refractivity contribution is -0.127. The van der Waals surface area contributed by atoms with Crippen molar-refractivity contribution in [1.82, 2.24) is 5.43 Å². The lowest BCUT2D eigenvalue weighted by atomic mass is 10.2. The minimum absolute atomic E-state index is 0.245. The van der Waals surface area contributed by atoms with E-state index in [1.807, 2.05) is 0 Å². The van der Waals surface area contributed by atoms with Crippen molar-refractivity contribution in [2.75, 3.05) is 6.61 Å². The fraction of sp³-hybridized carbons (Fsp3) is 0.160. The molecule has 0 aliphatic carbocycles. The van der Waals surface area contributed by atoms with Crippen molar-refractivity contribution in [3.8, 4) is 17.2 Å². The molecule has 0 aliphatic heterocycles. The normalized spacial score (nSPS) is 11.7. The van der Waals surface area contributed by atoms with Crippen molar-refractivity contribution in [2.45, 2.75) is 20.0 Å². The number of esters is 1. The van der Waals surface area contributed by atoms with Crippen molar-refractivity contribution >= 4 is 52.9 Å². The molecule has 35 heavy (non-hydrogen) atoms.